The molecule has 0 N–H and O–H groups in total. The molecule has 0 aliphatic carbocycles. The minimum Gasteiger partial charge on any atom is -0.354 e. The predicted octanol–water partition coefficient (Wildman–Crippen LogP) is 1.94. The second-order valence-electron chi connectivity index (χ2n) is 5.03. The van der Waals surface area contributed by atoms with Crippen LogP contribution >= 0.6 is 0 Å². The molecule has 0 bridgehead atoms. The molecule has 0 aromatic rings. The molecule has 1 radical (unpaired) electrons. The van der Waals surface area contributed by atoms with Gasteiger partial charge in [0.05, 0.1) is 12.6 Å². The molecule has 1 saturated heterocycles. The molecule has 91 valence electrons. The van der Waals surface area contributed by atoms with Crippen LogP contribution in [0.5, 0.6) is 0 Å². The van der Waals surface area contributed by atoms with Crippen LogP contribution in [0.4, 0.5) is 0 Å². The summed E-state index contributed by atoms with van der Waals surface area (Å²) in [5, 5.41) is 11.0. The van der Waals surface area contributed by atoms with Gasteiger partial charge in [-0.05, 0) is 26.7 Å². The molecule has 1 amide bonds. The van der Waals surface area contributed by atoms with Gasteiger partial charge >= 0.3 is 0 Å². The third-order valence-electron chi connectivity index (χ3n) is 2.85. The number of carbonyl (C=O) groups is 1. The fourth-order valence-electron chi connectivity index (χ4n) is 2.00. The maximum absolute atomic E-state index is 12.0. The van der Waals surface area contributed by atoms with Crippen LogP contribution in [-0.2, 0) is 14.6 Å². The normalized spacial score (nSPS) is 25.2. The van der Waals surface area contributed by atoms with E-state index < -0.39 is 5.72 Å². The number of ether oxygens (including phenoxy) is 1. The molecule has 16 heavy (non-hydrogen) atoms. The van der Waals surface area contributed by atoms with Gasteiger partial charge < -0.3 is 9.64 Å². The quantitative estimate of drug-likeness (QED) is 0.533. The van der Waals surface area contributed by atoms with Crippen LogP contribution < -0.4 is 0 Å². The molecule has 1 atom stereocenters. The minimum absolute atomic E-state index is 0.0399. The number of amides is 1. The van der Waals surface area contributed by atoms with Crippen molar-refractivity contribution in [1.82, 2.24) is 4.90 Å². The highest BCUT2D eigenvalue weighted by Crippen LogP contribution is 2.31. The molecule has 1 rings (SSSR count). The van der Waals surface area contributed by atoms with Gasteiger partial charge in [0.2, 0.25) is 0 Å². The summed E-state index contributed by atoms with van der Waals surface area (Å²) < 4.78 is 5.60. The highest BCUT2D eigenvalue weighted by molar-refractivity contribution is 5.88. The van der Waals surface area contributed by atoms with Crippen molar-refractivity contribution in [3.8, 4) is 0 Å². The van der Waals surface area contributed by atoms with Crippen molar-refractivity contribution >= 4 is 5.91 Å². The molecule has 1 heterocycles. The highest BCUT2D eigenvalue weighted by Gasteiger charge is 2.44. The van der Waals surface area contributed by atoms with Gasteiger partial charge in [0.25, 0.3) is 5.91 Å². The summed E-state index contributed by atoms with van der Waals surface area (Å²) in [7, 11) is 0. The van der Waals surface area contributed by atoms with E-state index in [0.717, 1.165) is 6.08 Å². The minimum atomic E-state index is -0.627. The van der Waals surface area contributed by atoms with Crippen molar-refractivity contribution in [1.29, 1.82) is 0 Å². The first-order valence-electron chi connectivity index (χ1n) is 5.58. The lowest BCUT2D eigenvalue weighted by atomic mass is 10.0. The van der Waals surface area contributed by atoms with E-state index >= 15 is 0 Å². The van der Waals surface area contributed by atoms with Crippen LogP contribution in [0, 0.1) is 5.92 Å². The van der Waals surface area contributed by atoms with E-state index in [0.29, 0.717) is 12.5 Å². The number of hydrogen-bond acceptors (Lipinski definition) is 2. The van der Waals surface area contributed by atoms with Crippen LogP contribution in [0.25, 0.3) is 0 Å². The predicted molar refractivity (Wildman–Crippen MR) is 59.9 cm³/mol. The number of allylic oxidation sites excluding steroid dienone is 1. The summed E-state index contributed by atoms with van der Waals surface area (Å²) in [6.07, 6.45) is 1.13. The number of carbonyl (C=O) groups excluding carboxylic acids is 1. The van der Waals surface area contributed by atoms with Crippen LogP contribution in [0.15, 0.2) is 11.8 Å². The second kappa shape index (κ2) is 4.45. The molecule has 0 unspecified atom stereocenters. The van der Waals surface area contributed by atoms with Crippen LogP contribution in [0.3, 0.4) is 0 Å². The van der Waals surface area contributed by atoms with Crippen LogP contribution in [0.2, 0.25) is 0 Å². The Hall–Kier alpha value is -1.03. The first-order chi connectivity index (χ1) is 7.25. The van der Waals surface area contributed by atoms with Crippen molar-refractivity contribution in [2.24, 2.45) is 5.92 Å². The molecule has 0 aromatic heterocycles. The summed E-state index contributed by atoms with van der Waals surface area (Å²) in [5.74, 6) is -0.171. The Balaban J connectivity index is 2.95. The van der Waals surface area contributed by atoms with E-state index in [2.05, 4.69) is 0 Å². The molecule has 1 aliphatic rings. The molecule has 0 saturated carbocycles. The summed E-state index contributed by atoms with van der Waals surface area (Å²) in [5.41, 5.74) is -0.627. The van der Waals surface area contributed by atoms with E-state index in [1.54, 1.807) is 4.90 Å². The van der Waals surface area contributed by atoms with Crippen molar-refractivity contribution in [3.05, 3.63) is 11.8 Å². The molecule has 0 spiro atoms. The monoisotopic (exact) mass is 226 g/mol. The molecule has 1 aliphatic heterocycles. The Labute approximate surface area is 96.9 Å². The van der Waals surface area contributed by atoms with Crippen molar-refractivity contribution in [2.75, 3.05) is 6.61 Å². The van der Waals surface area contributed by atoms with E-state index in [4.69, 9.17) is 4.74 Å². The number of nitrogens with zero attached hydrogens (tertiary/aromatic N) is 1. The lowest BCUT2D eigenvalue weighted by molar-refractivity contribution is -0.141. The molecule has 0 aromatic carbocycles. The number of rotatable bonds is 2. The first kappa shape index (κ1) is 13.0. The van der Waals surface area contributed by atoms with Crippen LogP contribution in [-0.4, -0.2) is 29.2 Å². The molecule has 4 nitrogen and oxygen atoms in total. The Kier molecular flexibility index (Phi) is 3.63. The van der Waals surface area contributed by atoms with Crippen molar-refractivity contribution in [2.45, 2.75) is 46.4 Å². The first-order valence-corrected chi connectivity index (χ1v) is 5.58. The lowest BCUT2D eigenvalue weighted by Gasteiger charge is -2.34. The average molecular weight is 226 g/mol. The summed E-state index contributed by atoms with van der Waals surface area (Å²) >= 11 is 0. The van der Waals surface area contributed by atoms with E-state index in [1.165, 1.54) is 6.92 Å². The zero-order chi connectivity index (χ0) is 12.5. The molecule has 1 fully saturated rings. The van der Waals surface area contributed by atoms with Crippen molar-refractivity contribution < 1.29 is 14.6 Å². The van der Waals surface area contributed by atoms with Gasteiger partial charge in [0.15, 0.2) is 5.76 Å². The topological polar surface area (TPSA) is 49.4 Å². The van der Waals surface area contributed by atoms with Crippen LogP contribution in [0.1, 0.15) is 34.6 Å². The summed E-state index contributed by atoms with van der Waals surface area (Å²) in [4.78, 5) is 13.6. The Morgan fingerprint density at radius 1 is 1.50 bits per heavy atom. The highest BCUT2D eigenvalue weighted by atomic mass is 16.5. The summed E-state index contributed by atoms with van der Waals surface area (Å²) in [6.45, 7) is 9.70. The van der Waals surface area contributed by atoms with E-state index in [1.807, 2.05) is 27.7 Å². The van der Waals surface area contributed by atoms with E-state index in [-0.39, 0.29) is 17.7 Å². The van der Waals surface area contributed by atoms with Gasteiger partial charge in [-0.3, -0.25) is 9.90 Å². The zero-order valence-corrected chi connectivity index (χ0v) is 10.6. The van der Waals surface area contributed by atoms with Gasteiger partial charge in [-0.2, -0.15) is 0 Å². The Bertz CT molecular complexity index is 303. The summed E-state index contributed by atoms with van der Waals surface area (Å²) in [6, 6.07) is 0.0399. The lowest BCUT2D eigenvalue weighted by Crippen LogP contribution is -2.48. The standard InChI is InChI=1S/C12H20NO3/c1-8(2)10-7-16-12(4,5)13(10)11(15)6-9(3)14/h6,8,10H,7H2,1-5H3/t10-/m1/s1. The van der Waals surface area contributed by atoms with Gasteiger partial charge in [-0.1, -0.05) is 13.8 Å². The largest absolute Gasteiger partial charge is 0.354 e. The SMILES string of the molecule is CC([O])=CC(=O)N1[C@@H](C(C)C)COC1(C)C. The fourth-order valence-corrected chi connectivity index (χ4v) is 2.00. The smallest absolute Gasteiger partial charge is 0.252 e. The molecular formula is C12H20NO3. The molecule has 4 heteroatoms. The third-order valence-corrected chi connectivity index (χ3v) is 2.85. The Morgan fingerprint density at radius 2 is 2.06 bits per heavy atom. The maximum Gasteiger partial charge on any atom is 0.252 e. The van der Waals surface area contributed by atoms with Gasteiger partial charge in [0.1, 0.15) is 5.72 Å². The molecular weight excluding hydrogens is 206 g/mol. The van der Waals surface area contributed by atoms with E-state index in [9.17, 15) is 9.90 Å². The second-order valence-corrected chi connectivity index (χ2v) is 5.03. The van der Waals surface area contributed by atoms with Crippen molar-refractivity contribution in [3.63, 3.8) is 0 Å². The Morgan fingerprint density at radius 3 is 2.50 bits per heavy atom. The van der Waals surface area contributed by atoms with Gasteiger partial charge in [-0.15, -0.1) is 0 Å². The zero-order valence-electron chi connectivity index (χ0n) is 10.6. The van der Waals surface area contributed by atoms with Gasteiger partial charge in [-0.25, -0.2) is 0 Å². The fraction of sp³-hybridized carbons (Fsp3) is 0.750. The number of hydrogen-bond donors (Lipinski definition) is 0. The third kappa shape index (κ3) is 2.55. The average Bonchev–Trinajstić information content (AvgIpc) is 2.39. The van der Waals surface area contributed by atoms with Gasteiger partial charge in [0, 0.05) is 6.08 Å². The maximum atomic E-state index is 12.0.